The molecule has 0 amide bonds. The Morgan fingerprint density at radius 2 is 2.27 bits per heavy atom. The van der Waals surface area contributed by atoms with E-state index in [4.69, 9.17) is 4.74 Å². The first-order valence-corrected chi connectivity index (χ1v) is 6.21. The topological polar surface area (TPSA) is 26.3 Å². The van der Waals surface area contributed by atoms with E-state index in [1.165, 1.54) is 12.1 Å². The van der Waals surface area contributed by atoms with Crippen molar-refractivity contribution in [3.8, 4) is 0 Å². The van der Waals surface area contributed by atoms with E-state index in [0.29, 0.717) is 10.2 Å². The van der Waals surface area contributed by atoms with Crippen molar-refractivity contribution in [2.75, 3.05) is 6.61 Å². The summed E-state index contributed by atoms with van der Waals surface area (Å²) in [6.07, 6.45) is 0.745. The van der Waals surface area contributed by atoms with E-state index in [2.05, 4.69) is 10.2 Å². The average Bonchev–Trinajstić information content (AvgIpc) is 2.22. The molecule has 3 radical (unpaired) electrons. The molecule has 2 nitrogen and oxygen atoms in total. The standard InChI is InChI=1S/C10H9FIO2Si/c11-8-4-1-3-7(9(8)12)10(13)14-5-2-6-15/h1,3-4H,2,5-6H2. The van der Waals surface area contributed by atoms with Crippen molar-refractivity contribution >= 4 is 38.8 Å². The number of hydrogen-bond donors (Lipinski definition) is 0. The third-order valence-corrected chi connectivity index (χ3v) is 3.18. The average molecular weight is 335 g/mol. The van der Waals surface area contributed by atoms with Crippen LogP contribution in [-0.4, -0.2) is 22.8 Å². The molecular formula is C10H9FIO2Si. The van der Waals surface area contributed by atoms with Crippen molar-refractivity contribution in [2.45, 2.75) is 12.5 Å². The Hall–Kier alpha value is -0.433. The lowest BCUT2D eigenvalue weighted by molar-refractivity contribution is 0.0503. The van der Waals surface area contributed by atoms with Gasteiger partial charge in [0, 0.05) is 10.2 Å². The zero-order chi connectivity index (χ0) is 11.3. The number of ether oxygens (including phenoxy) is 1. The SMILES string of the molecule is O=C(OCCC[Si])c1cccc(F)c1I. The first kappa shape index (κ1) is 12.6. The maximum atomic E-state index is 13.1. The molecule has 1 rings (SSSR count). The van der Waals surface area contributed by atoms with Gasteiger partial charge in [-0.15, -0.1) is 0 Å². The van der Waals surface area contributed by atoms with Crippen molar-refractivity contribution in [1.29, 1.82) is 0 Å². The number of carbonyl (C=O) groups excluding carboxylic acids is 1. The van der Waals surface area contributed by atoms with Crippen molar-refractivity contribution < 1.29 is 13.9 Å². The Morgan fingerprint density at radius 3 is 2.93 bits per heavy atom. The summed E-state index contributed by atoms with van der Waals surface area (Å²) in [5, 5.41) is 0. The summed E-state index contributed by atoms with van der Waals surface area (Å²) in [6, 6.07) is 5.14. The van der Waals surface area contributed by atoms with Gasteiger partial charge in [0.2, 0.25) is 0 Å². The maximum absolute atomic E-state index is 13.1. The van der Waals surface area contributed by atoms with E-state index in [-0.39, 0.29) is 5.56 Å². The Bertz CT molecular complexity index is 357. The molecule has 79 valence electrons. The van der Waals surface area contributed by atoms with Crippen LogP contribution in [0.4, 0.5) is 4.39 Å². The summed E-state index contributed by atoms with van der Waals surface area (Å²) in [6.45, 7) is 0.342. The molecule has 0 aliphatic heterocycles. The molecule has 5 heteroatoms. The number of halogens is 2. The normalized spacial score (nSPS) is 10.1. The van der Waals surface area contributed by atoms with Crippen LogP contribution in [0.1, 0.15) is 16.8 Å². The highest BCUT2D eigenvalue weighted by Gasteiger charge is 2.13. The number of esters is 1. The quantitative estimate of drug-likeness (QED) is 0.366. The molecule has 0 heterocycles. The van der Waals surface area contributed by atoms with Crippen LogP contribution in [0.2, 0.25) is 6.04 Å². The van der Waals surface area contributed by atoms with Crippen LogP contribution >= 0.6 is 22.6 Å². The molecule has 0 aliphatic carbocycles. The van der Waals surface area contributed by atoms with Gasteiger partial charge in [-0.05, 0) is 41.1 Å². The minimum Gasteiger partial charge on any atom is -0.462 e. The highest BCUT2D eigenvalue weighted by atomic mass is 127. The van der Waals surface area contributed by atoms with Gasteiger partial charge < -0.3 is 4.74 Å². The lowest BCUT2D eigenvalue weighted by Crippen LogP contribution is -2.09. The molecule has 0 saturated carbocycles. The van der Waals surface area contributed by atoms with E-state index < -0.39 is 11.8 Å². The van der Waals surface area contributed by atoms with Gasteiger partial charge >= 0.3 is 5.97 Å². The molecule has 0 fully saturated rings. The fourth-order valence-corrected chi connectivity index (χ4v) is 1.70. The number of rotatable bonds is 4. The molecule has 0 aliphatic rings. The summed E-state index contributed by atoms with van der Waals surface area (Å²) < 4.78 is 18.4. The Labute approximate surface area is 105 Å². The van der Waals surface area contributed by atoms with Crippen LogP contribution in [0.25, 0.3) is 0 Å². The van der Waals surface area contributed by atoms with Gasteiger partial charge in [0.05, 0.1) is 15.7 Å². The molecule has 0 spiro atoms. The van der Waals surface area contributed by atoms with E-state index in [9.17, 15) is 9.18 Å². The molecule has 0 unspecified atom stereocenters. The molecule has 0 aromatic heterocycles. The summed E-state index contributed by atoms with van der Waals surface area (Å²) in [4.78, 5) is 11.5. The lowest BCUT2D eigenvalue weighted by atomic mass is 10.2. The Balaban J connectivity index is 2.69. The van der Waals surface area contributed by atoms with E-state index in [0.717, 1.165) is 12.5 Å². The smallest absolute Gasteiger partial charge is 0.339 e. The van der Waals surface area contributed by atoms with Gasteiger partial charge in [-0.1, -0.05) is 12.1 Å². The third kappa shape index (κ3) is 3.56. The van der Waals surface area contributed by atoms with E-state index >= 15 is 0 Å². The van der Waals surface area contributed by atoms with Crippen LogP contribution in [0, 0.1) is 9.39 Å². The van der Waals surface area contributed by atoms with Crippen molar-refractivity contribution in [2.24, 2.45) is 0 Å². The second kappa shape index (κ2) is 6.22. The molecule has 0 atom stereocenters. The summed E-state index contributed by atoms with van der Waals surface area (Å²) in [5.41, 5.74) is 0.282. The number of hydrogen-bond acceptors (Lipinski definition) is 2. The Kier molecular flexibility index (Phi) is 5.24. The van der Waals surface area contributed by atoms with E-state index in [1.54, 1.807) is 28.7 Å². The van der Waals surface area contributed by atoms with Gasteiger partial charge in [-0.25, -0.2) is 9.18 Å². The van der Waals surface area contributed by atoms with Crippen molar-refractivity contribution in [1.82, 2.24) is 0 Å². The summed E-state index contributed by atoms with van der Waals surface area (Å²) >= 11 is 1.80. The van der Waals surface area contributed by atoms with Gasteiger partial charge in [-0.3, -0.25) is 0 Å². The highest BCUT2D eigenvalue weighted by molar-refractivity contribution is 14.1. The fourth-order valence-electron chi connectivity index (χ4n) is 0.976. The second-order valence-corrected chi connectivity index (χ2v) is 4.42. The molecular weight excluding hydrogens is 326 g/mol. The minimum atomic E-state index is -0.473. The van der Waals surface area contributed by atoms with Crippen LogP contribution in [0.5, 0.6) is 0 Å². The van der Waals surface area contributed by atoms with Crippen LogP contribution in [0.3, 0.4) is 0 Å². The molecule has 0 N–H and O–H groups in total. The number of benzene rings is 1. The second-order valence-electron chi connectivity index (χ2n) is 2.84. The Morgan fingerprint density at radius 1 is 1.53 bits per heavy atom. The molecule has 0 saturated heterocycles. The zero-order valence-corrected chi connectivity index (χ0v) is 11.1. The third-order valence-electron chi connectivity index (χ3n) is 1.73. The predicted molar refractivity (Wildman–Crippen MR) is 64.6 cm³/mol. The molecule has 1 aromatic rings. The van der Waals surface area contributed by atoms with Gasteiger partial charge in [0.25, 0.3) is 0 Å². The lowest BCUT2D eigenvalue weighted by Gasteiger charge is -2.05. The van der Waals surface area contributed by atoms with Gasteiger partial charge in [0.15, 0.2) is 0 Å². The fraction of sp³-hybridized carbons (Fsp3) is 0.300. The largest absolute Gasteiger partial charge is 0.462 e. The number of carbonyl (C=O) groups is 1. The van der Waals surface area contributed by atoms with Gasteiger partial charge in [0.1, 0.15) is 5.82 Å². The molecule has 15 heavy (non-hydrogen) atoms. The van der Waals surface area contributed by atoms with Crippen LogP contribution in [0.15, 0.2) is 18.2 Å². The predicted octanol–water partition coefficient (Wildman–Crippen LogP) is 2.56. The van der Waals surface area contributed by atoms with E-state index in [1.807, 2.05) is 0 Å². The maximum Gasteiger partial charge on any atom is 0.339 e. The molecule has 0 bridgehead atoms. The monoisotopic (exact) mass is 335 g/mol. The highest BCUT2D eigenvalue weighted by Crippen LogP contribution is 2.16. The zero-order valence-electron chi connectivity index (χ0n) is 7.93. The molecule has 1 aromatic carbocycles. The van der Waals surface area contributed by atoms with Crippen LogP contribution in [-0.2, 0) is 4.74 Å². The van der Waals surface area contributed by atoms with Gasteiger partial charge in [-0.2, -0.15) is 0 Å². The van der Waals surface area contributed by atoms with Crippen LogP contribution < -0.4 is 0 Å². The first-order valence-electron chi connectivity index (χ1n) is 4.42. The minimum absolute atomic E-state index is 0.282. The van der Waals surface area contributed by atoms with Crippen molar-refractivity contribution in [3.63, 3.8) is 0 Å². The van der Waals surface area contributed by atoms with Crippen molar-refractivity contribution in [3.05, 3.63) is 33.1 Å². The summed E-state index contributed by atoms with van der Waals surface area (Å²) in [7, 11) is 3.27. The summed E-state index contributed by atoms with van der Waals surface area (Å²) in [5.74, 6) is -0.871. The first-order chi connectivity index (χ1) is 7.16.